The predicted molar refractivity (Wildman–Crippen MR) is 74.7 cm³/mol. The number of nitrogens with one attached hydrogen (secondary N) is 1. The van der Waals surface area contributed by atoms with Gasteiger partial charge in [-0.25, -0.2) is 0 Å². The first-order chi connectivity index (χ1) is 8.69. The van der Waals surface area contributed by atoms with E-state index < -0.39 is 0 Å². The van der Waals surface area contributed by atoms with Crippen molar-refractivity contribution in [2.75, 3.05) is 19.3 Å². The Balaban J connectivity index is 1.78. The number of rotatable bonds is 5. The molecule has 1 saturated carbocycles. The van der Waals surface area contributed by atoms with Gasteiger partial charge in [-0.3, -0.25) is 4.79 Å². The summed E-state index contributed by atoms with van der Waals surface area (Å²) in [6.45, 7) is 1.29. The number of hydrogen-bond donors (Lipinski definition) is 2. The SMILES string of the molecule is CSC1(CNC(=O)C2CCC(CN)O2)CCCC1. The van der Waals surface area contributed by atoms with Crippen LogP contribution in [0.3, 0.4) is 0 Å². The second kappa shape index (κ2) is 6.26. The molecule has 4 nitrogen and oxygen atoms in total. The summed E-state index contributed by atoms with van der Waals surface area (Å²) in [5.74, 6) is 0.0475. The van der Waals surface area contributed by atoms with E-state index in [1.165, 1.54) is 25.7 Å². The second-order valence-corrected chi connectivity index (χ2v) is 6.65. The maximum atomic E-state index is 12.0. The molecule has 104 valence electrons. The Hall–Kier alpha value is -0.260. The number of thioether (sulfide) groups is 1. The number of hydrogen-bond acceptors (Lipinski definition) is 4. The molecule has 2 aliphatic rings. The largest absolute Gasteiger partial charge is 0.364 e. The van der Waals surface area contributed by atoms with Crippen LogP contribution in [0.4, 0.5) is 0 Å². The third-order valence-electron chi connectivity index (χ3n) is 4.20. The van der Waals surface area contributed by atoms with E-state index in [1.807, 2.05) is 11.8 Å². The summed E-state index contributed by atoms with van der Waals surface area (Å²) in [6, 6.07) is 0. The first-order valence-electron chi connectivity index (χ1n) is 6.87. The van der Waals surface area contributed by atoms with E-state index in [-0.39, 0.29) is 22.9 Å². The van der Waals surface area contributed by atoms with Crippen LogP contribution in [-0.4, -0.2) is 42.2 Å². The molecule has 2 fully saturated rings. The molecule has 1 saturated heterocycles. The minimum Gasteiger partial charge on any atom is -0.364 e. The average Bonchev–Trinajstić information content (AvgIpc) is 3.05. The Morgan fingerprint density at radius 3 is 2.72 bits per heavy atom. The molecule has 0 aromatic rings. The summed E-state index contributed by atoms with van der Waals surface area (Å²) in [4.78, 5) is 12.0. The van der Waals surface area contributed by atoms with Crippen molar-refractivity contribution < 1.29 is 9.53 Å². The lowest BCUT2D eigenvalue weighted by Crippen LogP contribution is -2.43. The fraction of sp³-hybridized carbons (Fsp3) is 0.923. The van der Waals surface area contributed by atoms with Gasteiger partial charge in [0.25, 0.3) is 0 Å². The molecule has 18 heavy (non-hydrogen) atoms. The minimum absolute atomic E-state index is 0.0475. The Morgan fingerprint density at radius 1 is 1.44 bits per heavy atom. The second-order valence-electron chi connectivity index (χ2n) is 5.37. The van der Waals surface area contributed by atoms with E-state index in [1.54, 1.807) is 0 Å². The van der Waals surface area contributed by atoms with Crippen molar-refractivity contribution in [1.82, 2.24) is 5.32 Å². The molecule has 2 unspecified atom stereocenters. The van der Waals surface area contributed by atoms with E-state index >= 15 is 0 Å². The highest BCUT2D eigenvalue weighted by molar-refractivity contribution is 8.00. The number of ether oxygens (including phenoxy) is 1. The van der Waals surface area contributed by atoms with Gasteiger partial charge in [-0.1, -0.05) is 12.8 Å². The van der Waals surface area contributed by atoms with Crippen molar-refractivity contribution in [3.8, 4) is 0 Å². The van der Waals surface area contributed by atoms with Crippen molar-refractivity contribution in [2.45, 2.75) is 55.5 Å². The fourth-order valence-electron chi connectivity index (χ4n) is 2.91. The molecule has 0 aromatic carbocycles. The van der Waals surface area contributed by atoms with Gasteiger partial charge in [-0.15, -0.1) is 0 Å². The quantitative estimate of drug-likeness (QED) is 0.791. The first kappa shape index (κ1) is 14.2. The molecule has 0 bridgehead atoms. The zero-order valence-corrected chi connectivity index (χ0v) is 11.9. The molecule has 0 spiro atoms. The van der Waals surface area contributed by atoms with Crippen molar-refractivity contribution in [2.24, 2.45) is 5.73 Å². The molecule has 2 rings (SSSR count). The maximum Gasteiger partial charge on any atom is 0.249 e. The lowest BCUT2D eigenvalue weighted by molar-refractivity contribution is -0.131. The van der Waals surface area contributed by atoms with Crippen LogP contribution >= 0.6 is 11.8 Å². The highest BCUT2D eigenvalue weighted by Gasteiger charge is 2.35. The molecule has 2 atom stereocenters. The van der Waals surface area contributed by atoms with E-state index in [0.717, 1.165) is 19.4 Å². The van der Waals surface area contributed by atoms with Crippen LogP contribution in [0.5, 0.6) is 0 Å². The standard InChI is InChI=1S/C13H24N2O2S/c1-18-13(6-2-3-7-13)9-15-12(16)11-5-4-10(8-14)17-11/h10-11H,2-9,14H2,1H3,(H,15,16). The Kier molecular flexibility index (Phi) is 4.92. The normalized spacial score (nSPS) is 30.6. The van der Waals surface area contributed by atoms with E-state index in [9.17, 15) is 4.79 Å². The summed E-state index contributed by atoms with van der Waals surface area (Å²) in [7, 11) is 0. The van der Waals surface area contributed by atoms with Gasteiger partial charge in [0.1, 0.15) is 6.10 Å². The van der Waals surface area contributed by atoms with Crippen molar-refractivity contribution in [3.63, 3.8) is 0 Å². The molecule has 1 aliphatic carbocycles. The average molecular weight is 272 g/mol. The molecule has 0 aromatic heterocycles. The van der Waals surface area contributed by atoms with E-state index in [4.69, 9.17) is 10.5 Å². The molecule has 3 N–H and O–H groups in total. The van der Waals surface area contributed by atoms with Gasteiger partial charge in [-0.05, 0) is 31.9 Å². The van der Waals surface area contributed by atoms with Crippen LogP contribution in [0.2, 0.25) is 0 Å². The van der Waals surface area contributed by atoms with Crippen molar-refractivity contribution in [1.29, 1.82) is 0 Å². The fourth-order valence-corrected chi connectivity index (χ4v) is 3.82. The topological polar surface area (TPSA) is 64.4 Å². The van der Waals surface area contributed by atoms with E-state index in [2.05, 4.69) is 11.6 Å². The molecular formula is C13H24N2O2S. The summed E-state index contributed by atoms with van der Waals surface area (Å²) in [5, 5.41) is 3.08. The van der Waals surface area contributed by atoms with Crippen LogP contribution in [-0.2, 0) is 9.53 Å². The lowest BCUT2D eigenvalue weighted by atomic mass is 10.1. The van der Waals surface area contributed by atoms with Crippen LogP contribution in [0.25, 0.3) is 0 Å². The van der Waals surface area contributed by atoms with Crippen LogP contribution in [0.1, 0.15) is 38.5 Å². The zero-order valence-electron chi connectivity index (χ0n) is 11.1. The number of carbonyl (C=O) groups is 1. The van der Waals surface area contributed by atoms with Gasteiger partial charge in [-0.2, -0.15) is 11.8 Å². The molecule has 5 heteroatoms. The maximum absolute atomic E-state index is 12.0. The molecule has 1 aliphatic heterocycles. The number of carbonyl (C=O) groups excluding carboxylic acids is 1. The summed E-state index contributed by atoms with van der Waals surface area (Å²) >= 11 is 1.89. The highest BCUT2D eigenvalue weighted by atomic mass is 32.2. The highest BCUT2D eigenvalue weighted by Crippen LogP contribution is 2.39. The van der Waals surface area contributed by atoms with Gasteiger partial charge in [0.05, 0.1) is 6.10 Å². The zero-order chi connectivity index (χ0) is 13.0. The monoisotopic (exact) mass is 272 g/mol. The summed E-state index contributed by atoms with van der Waals surface area (Å²) < 4.78 is 5.88. The molecule has 1 amide bonds. The summed E-state index contributed by atoms with van der Waals surface area (Å²) in [6.07, 6.45) is 8.64. The number of nitrogens with two attached hydrogens (primary N) is 1. The van der Waals surface area contributed by atoms with Crippen LogP contribution in [0.15, 0.2) is 0 Å². The van der Waals surface area contributed by atoms with Gasteiger partial charge < -0.3 is 15.8 Å². The Labute approximate surface area is 113 Å². The predicted octanol–water partition coefficient (Wildman–Crippen LogP) is 1.28. The lowest BCUT2D eigenvalue weighted by Gasteiger charge is -2.27. The van der Waals surface area contributed by atoms with Gasteiger partial charge in [0, 0.05) is 17.8 Å². The van der Waals surface area contributed by atoms with Gasteiger partial charge in [0.15, 0.2) is 0 Å². The molecule has 1 heterocycles. The van der Waals surface area contributed by atoms with Crippen LogP contribution < -0.4 is 11.1 Å². The van der Waals surface area contributed by atoms with Gasteiger partial charge >= 0.3 is 0 Å². The third-order valence-corrected chi connectivity index (χ3v) is 5.61. The van der Waals surface area contributed by atoms with Crippen molar-refractivity contribution in [3.05, 3.63) is 0 Å². The smallest absolute Gasteiger partial charge is 0.249 e. The van der Waals surface area contributed by atoms with Gasteiger partial charge in [0.2, 0.25) is 5.91 Å². The first-order valence-corrected chi connectivity index (χ1v) is 8.10. The molecule has 0 radical (unpaired) electrons. The number of amides is 1. The molecular weight excluding hydrogens is 248 g/mol. The Bertz CT molecular complexity index is 293. The van der Waals surface area contributed by atoms with Crippen molar-refractivity contribution >= 4 is 17.7 Å². The Morgan fingerprint density at radius 2 is 2.17 bits per heavy atom. The van der Waals surface area contributed by atoms with E-state index in [0.29, 0.717) is 6.54 Å². The van der Waals surface area contributed by atoms with Crippen LogP contribution in [0, 0.1) is 0 Å². The summed E-state index contributed by atoms with van der Waals surface area (Å²) in [5.41, 5.74) is 5.55. The minimum atomic E-state index is -0.279. The third kappa shape index (κ3) is 3.19.